The highest BCUT2D eigenvalue weighted by Crippen LogP contribution is 2.24. The second-order valence-corrected chi connectivity index (χ2v) is 9.03. The Morgan fingerprint density at radius 3 is 2.47 bits per heavy atom. The first-order valence-corrected chi connectivity index (χ1v) is 11.7. The van der Waals surface area contributed by atoms with Crippen LogP contribution in [0.2, 0.25) is 5.02 Å². The molecule has 0 unspecified atom stereocenters. The number of nitrogens with zero attached hydrogens (tertiary/aromatic N) is 3. The van der Waals surface area contributed by atoms with Crippen LogP contribution in [-0.2, 0) is 11.2 Å². The van der Waals surface area contributed by atoms with E-state index >= 15 is 0 Å². The van der Waals surface area contributed by atoms with E-state index in [9.17, 15) is 9.59 Å². The van der Waals surface area contributed by atoms with E-state index in [4.69, 9.17) is 11.6 Å². The van der Waals surface area contributed by atoms with Crippen LogP contribution in [0.25, 0.3) is 5.69 Å². The predicted octanol–water partition coefficient (Wildman–Crippen LogP) is 4.48. The number of aromatic nitrogens is 3. The summed E-state index contributed by atoms with van der Waals surface area (Å²) in [5, 5.41) is 14.9. The smallest absolute Gasteiger partial charge is 0.321 e. The molecule has 0 saturated heterocycles. The Morgan fingerprint density at radius 1 is 1.06 bits per heavy atom. The molecule has 1 aromatic heterocycles. The van der Waals surface area contributed by atoms with Crippen molar-refractivity contribution in [2.24, 2.45) is 5.92 Å². The molecule has 168 valence electrons. The number of rotatable bonds is 9. The summed E-state index contributed by atoms with van der Waals surface area (Å²) < 4.78 is 1.91. The topological polar surface area (TPSA) is 88.9 Å². The van der Waals surface area contributed by atoms with E-state index in [1.165, 1.54) is 11.8 Å². The molecule has 0 fully saturated rings. The summed E-state index contributed by atoms with van der Waals surface area (Å²) in [4.78, 5) is 24.1. The largest absolute Gasteiger partial charge is 0.338 e. The Balaban J connectivity index is 1.70. The number of amides is 3. The lowest BCUT2D eigenvalue weighted by atomic mass is 10.1. The van der Waals surface area contributed by atoms with Crippen molar-refractivity contribution in [2.45, 2.75) is 31.8 Å². The van der Waals surface area contributed by atoms with Gasteiger partial charge >= 0.3 is 6.03 Å². The molecule has 1 heterocycles. The van der Waals surface area contributed by atoms with Crippen LogP contribution in [0.1, 0.15) is 31.7 Å². The van der Waals surface area contributed by atoms with Gasteiger partial charge in [-0.1, -0.05) is 67.5 Å². The number of halogens is 1. The molecule has 0 aliphatic carbocycles. The number of nitrogens with one attached hydrogen (secondary N) is 2. The summed E-state index contributed by atoms with van der Waals surface area (Å²) >= 11 is 7.27. The first-order chi connectivity index (χ1) is 15.4. The normalized spacial score (nSPS) is 10.9. The maximum absolute atomic E-state index is 12.2. The minimum atomic E-state index is -0.486. The number of benzene rings is 2. The Hall–Kier alpha value is -2.84. The molecule has 0 saturated carbocycles. The van der Waals surface area contributed by atoms with Crippen LogP contribution in [0.5, 0.6) is 0 Å². The lowest BCUT2D eigenvalue weighted by Crippen LogP contribution is -2.40. The summed E-state index contributed by atoms with van der Waals surface area (Å²) in [5.74, 6) is 0.861. The van der Waals surface area contributed by atoms with Crippen molar-refractivity contribution in [1.82, 2.24) is 25.4 Å². The number of hydrogen-bond acceptors (Lipinski definition) is 5. The second kappa shape index (κ2) is 11.7. The zero-order valence-corrected chi connectivity index (χ0v) is 19.6. The van der Waals surface area contributed by atoms with E-state index in [-0.39, 0.29) is 5.75 Å². The highest BCUT2D eigenvalue weighted by molar-refractivity contribution is 7.99. The molecule has 0 aliphatic heterocycles. The average Bonchev–Trinajstić information content (AvgIpc) is 3.15. The van der Waals surface area contributed by atoms with Gasteiger partial charge in [0.2, 0.25) is 5.91 Å². The number of urea groups is 1. The fraction of sp³-hybridized carbons (Fsp3) is 0.304. The predicted molar refractivity (Wildman–Crippen MR) is 127 cm³/mol. The molecular weight excluding hydrogens is 446 g/mol. The van der Waals surface area contributed by atoms with Crippen molar-refractivity contribution < 1.29 is 9.59 Å². The fourth-order valence-corrected chi connectivity index (χ4v) is 3.84. The van der Waals surface area contributed by atoms with Crippen LogP contribution >= 0.6 is 23.4 Å². The third-order valence-corrected chi connectivity index (χ3v) is 5.76. The molecule has 7 nitrogen and oxygen atoms in total. The van der Waals surface area contributed by atoms with Crippen molar-refractivity contribution in [3.05, 3.63) is 71.0 Å². The van der Waals surface area contributed by atoms with Gasteiger partial charge < -0.3 is 5.32 Å². The maximum Gasteiger partial charge on any atom is 0.321 e. The van der Waals surface area contributed by atoms with Crippen LogP contribution in [0.4, 0.5) is 4.79 Å². The number of thioether (sulfide) groups is 1. The Morgan fingerprint density at radius 2 is 1.78 bits per heavy atom. The molecule has 2 aromatic carbocycles. The van der Waals surface area contributed by atoms with Gasteiger partial charge in [-0.05, 0) is 42.2 Å². The van der Waals surface area contributed by atoms with Crippen LogP contribution in [0, 0.1) is 5.92 Å². The van der Waals surface area contributed by atoms with Gasteiger partial charge in [0.15, 0.2) is 5.16 Å². The second-order valence-electron chi connectivity index (χ2n) is 7.65. The summed E-state index contributed by atoms with van der Waals surface area (Å²) in [6, 6.07) is 16.8. The molecule has 3 rings (SSSR count). The molecule has 2 N–H and O–H groups in total. The van der Waals surface area contributed by atoms with E-state index in [1.54, 1.807) is 12.1 Å². The van der Waals surface area contributed by atoms with Gasteiger partial charge in [-0.15, -0.1) is 10.2 Å². The SMILES string of the molecule is CC(C)CCNC(=O)NC(=O)CSc1nnc(Cc2ccccc2)n1-c1ccc(Cl)cc1. The third kappa shape index (κ3) is 7.10. The van der Waals surface area contributed by atoms with Gasteiger partial charge in [-0.3, -0.25) is 14.7 Å². The quantitative estimate of drug-likeness (QED) is 0.449. The number of carbonyl (C=O) groups excluding carboxylic acids is 2. The van der Waals surface area contributed by atoms with Gasteiger partial charge in [0.05, 0.1) is 5.75 Å². The lowest BCUT2D eigenvalue weighted by Gasteiger charge is -2.11. The molecule has 0 atom stereocenters. The Kier molecular flexibility index (Phi) is 8.70. The molecule has 0 aliphatic rings. The van der Waals surface area contributed by atoms with E-state index in [0.717, 1.165) is 23.5 Å². The van der Waals surface area contributed by atoms with Gasteiger partial charge in [0, 0.05) is 23.7 Å². The third-order valence-electron chi connectivity index (χ3n) is 4.58. The zero-order chi connectivity index (χ0) is 22.9. The van der Waals surface area contributed by atoms with Crippen LogP contribution in [-0.4, -0.2) is 39.0 Å². The summed E-state index contributed by atoms with van der Waals surface area (Å²) in [5.41, 5.74) is 1.95. The summed E-state index contributed by atoms with van der Waals surface area (Å²) in [6.07, 6.45) is 1.44. The number of carbonyl (C=O) groups is 2. The molecule has 0 spiro atoms. The van der Waals surface area contributed by atoms with Crippen molar-refractivity contribution >= 4 is 35.3 Å². The monoisotopic (exact) mass is 471 g/mol. The number of hydrogen-bond donors (Lipinski definition) is 2. The van der Waals surface area contributed by atoms with Crippen molar-refractivity contribution in [2.75, 3.05) is 12.3 Å². The molecule has 0 radical (unpaired) electrons. The maximum atomic E-state index is 12.2. The van der Waals surface area contributed by atoms with E-state index in [2.05, 4.69) is 34.7 Å². The Labute approximate surface area is 197 Å². The standard InChI is InChI=1S/C23H26ClN5O2S/c1-16(2)12-13-25-22(31)26-21(30)15-32-23-28-27-20(14-17-6-4-3-5-7-17)29(23)19-10-8-18(24)9-11-19/h3-11,16H,12-15H2,1-2H3,(H2,25,26,30,31). The Bertz CT molecular complexity index is 1040. The van der Waals surface area contributed by atoms with Crippen LogP contribution in [0.3, 0.4) is 0 Å². The lowest BCUT2D eigenvalue weighted by molar-refractivity contribution is -0.117. The molecular formula is C23H26ClN5O2S. The van der Waals surface area contributed by atoms with Crippen LogP contribution < -0.4 is 10.6 Å². The summed E-state index contributed by atoms with van der Waals surface area (Å²) in [6.45, 7) is 4.67. The highest BCUT2D eigenvalue weighted by atomic mass is 35.5. The van der Waals surface area contributed by atoms with Gasteiger partial charge in [0.25, 0.3) is 0 Å². The van der Waals surface area contributed by atoms with E-state index < -0.39 is 11.9 Å². The van der Waals surface area contributed by atoms with Gasteiger partial charge in [-0.25, -0.2) is 4.79 Å². The fourth-order valence-electron chi connectivity index (χ4n) is 2.95. The van der Waals surface area contributed by atoms with Gasteiger partial charge in [0.1, 0.15) is 5.82 Å². The first-order valence-electron chi connectivity index (χ1n) is 10.4. The molecule has 32 heavy (non-hydrogen) atoms. The van der Waals surface area contributed by atoms with E-state index in [0.29, 0.717) is 29.1 Å². The highest BCUT2D eigenvalue weighted by Gasteiger charge is 2.17. The average molecular weight is 472 g/mol. The van der Waals surface area contributed by atoms with Crippen LogP contribution in [0.15, 0.2) is 59.8 Å². The molecule has 3 amide bonds. The van der Waals surface area contributed by atoms with E-state index in [1.807, 2.05) is 47.0 Å². The minimum Gasteiger partial charge on any atom is -0.338 e. The van der Waals surface area contributed by atoms with Crippen molar-refractivity contribution in [3.63, 3.8) is 0 Å². The van der Waals surface area contributed by atoms with Crippen molar-refractivity contribution in [3.8, 4) is 5.69 Å². The molecule has 9 heteroatoms. The first kappa shape index (κ1) is 23.8. The number of imide groups is 1. The van der Waals surface area contributed by atoms with Gasteiger partial charge in [-0.2, -0.15) is 0 Å². The molecule has 0 bridgehead atoms. The minimum absolute atomic E-state index is 0.0364. The van der Waals surface area contributed by atoms with Crippen molar-refractivity contribution in [1.29, 1.82) is 0 Å². The zero-order valence-electron chi connectivity index (χ0n) is 18.0. The molecule has 3 aromatic rings. The summed E-state index contributed by atoms with van der Waals surface area (Å²) in [7, 11) is 0.